The zero-order valence-electron chi connectivity index (χ0n) is 22.8. The van der Waals surface area contributed by atoms with Crippen LogP contribution in [0.2, 0.25) is 0 Å². The van der Waals surface area contributed by atoms with E-state index in [1.807, 2.05) is 0 Å². The van der Waals surface area contributed by atoms with E-state index in [-0.39, 0.29) is 39.1 Å². The van der Waals surface area contributed by atoms with Gasteiger partial charge in [-0.2, -0.15) is 16.8 Å². The zero-order valence-corrected chi connectivity index (χ0v) is 24.4. The molecule has 0 spiro atoms. The van der Waals surface area contributed by atoms with E-state index in [2.05, 4.69) is 0 Å². The molecule has 0 radical (unpaired) electrons. The van der Waals surface area contributed by atoms with Crippen LogP contribution in [0.5, 0.6) is 0 Å². The van der Waals surface area contributed by atoms with Gasteiger partial charge >= 0.3 is 0 Å². The van der Waals surface area contributed by atoms with Gasteiger partial charge in [0.25, 0.3) is 43.9 Å². The maximum absolute atomic E-state index is 13.5. The van der Waals surface area contributed by atoms with Crippen molar-refractivity contribution in [1.29, 1.82) is 0 Å². The molecular formula is C30H20N2O10S2. The summed E-state index contributed by atoms with van der Waals surface area (Å²) in [5.41, 5.74) is 1.11. The Labute approximate surface area is 250 Å². The molecular weight excluding hydrogens is 612 g/mol. The van der Waals surface area contributed by atoms with Gasteiger partial charge in [0.1, 0.15) is 9.79 Å². The summed E-state index contributed by atoms with van der Waals surface area (Å²) in [6.45, 7) is 1.56. The predicted molar refractivity (Wildman–Crippen MR) is 156 cm³/mol. The van der Waals surface area contributed by atoms with Crippen molar-refractivity contribution in [3.63, 3.8) is 0 Å². The molecule has 2 heterocycles. The molecule has 0 saturated heterocycles. The first-order valence-corrected chi connectivity index (χ1v) is 15.7. The van der Waals surface area contributed by atoms with Crippen LogP contribution in [0.3, 0.4) is 0 Å². The van der Waals surface area contributed by atoms with Crippen molar-refractivity contribution in [2.75, 3.05) is 11.9 Å². The fourth-order valence-electron chi connectivity index (χ4n) is 5.35. The molecule has 2 N–H and O–H groups in total. The Kier molecular flexibility index (Phi) is 6.44. The van der Waals surface area contributed by atoms with Crippen LogP contribution in [0, 0.1) is 6.92 Å². The SMILES string of the molecule is Cc1ccc(-c2ccc(N3C(=O)c4ccc(-c5ccc6c(c5)C(=O)N(C)C6=O)cc4C3=O)cc2S(=O)(=O)O)c(S(=O)(=O)O)c1. The third-order valence-electron chi connectivity index (χ3n) is 7.52. The van der Waals surface area contributed by atoms with Gasteiger partial charge in [-0.3, -0.25) is 33.2 Å². The van der Waals surface area contributed by atoms with Gasteiger partial charge in [0.2, 0.25) is 0 Å². The molecule has 2 aliphatic heterocycles. The maximum Gasteiger partial charge on any atom is 0.295 e. The van der Waals surface area contributed by atoms with Crippen molar-refractivity contribution in [1.82, 2.24) is 4.90 Å². The van der Waals surface area contributed by atoms with Gasteiger partial charge < -0.3 is 0 Å². The summed E-state index contributed by atoms with van der Waals surface area (Å²) in [6, 6.07) is 16.1. The van der Waals surface area contributed by atoms with Crippen LogP contribution in [0.1, 0.15) is 47.0 Å². The molecule has 0 aromatic heterocycles. The van der Waals surface area contributed by atoms with E-state index in [9.17, 15) is 45.1 Å². The van der Waals surface area contributed by atoms with Gasteiger partial charge in [0, 0.05) is 18.2 Å². The van der Waals surface area contributed by atoms with Gasteiger partial charge in [-0.05, 0) is 66.1 Å². The highest BCUT2D eigenvalue weighted by Gasteiger charge is 2.38. The van der Waals surface area contributed by atoms with Crippen molar-refractivity contribution in [2.24, 2.45) is 0 Å². The minimum Gasteiger partial charge on any atom is -0.282 e. The lowest BCUT2D eigenvalue weighted by Gasteiger charge is -2.17. The molecule has 4 aromatic rings. The lowest BCUT2D eigenvalue weighted by Crippen LogP contribution is -2.29. The van der Waals surface area contributed by atoms with Gasteiger partial charge in [0.15, 0.2) is 0 Å². The number of anilines is 1. The maximum atomic E-state index is 13.5. The van der Waals surface area contributed by atoms with E-state index in [4.69, 9.17) is 0 Å². The van der Waals surface area contributed by atoms with Gasteiger partial charge in [-0.1, -0.05) is 30.3 Å². The van der Waals surface area contributed by atoms with Crippen LogP contribution >= 0.6 is 0 Å². The molecule has 222 valence electrons. The standard InChI is InChI=1S/C30H20N2O10S2/c1-15-3-7-19(25(11-15)43(37,38)39)20-10-6-18(14-26(20)44(40,41)42)32-29(35)22-9-5-17(13-24(22)30(32)36)16-4-8-21-23(12-16)28(34)31(2)27(21)33/h3-14H,1-2H3,(H,37,38,39)(H,40,41,42). The van der Waals surface area contributed by atoms with E-state index >= 15 is 0 Å². The predicted octanol–water partition coefficient (Wildman–Crippen LogP) is 3.85. The highest BCUT2D eigenvalue weighted by Crippen LogP contribution is 2.38. The summed E-state index contributed by atoms with van der Waals surface area (Å²) in [4.78, 5) is 51.9. The van der Waals surface area contributed by atoms with Crippen LogP contribution in [0.4, 0.5) is 5.69 Å². The quantitative estimate of drug-likeness (QED) is 0.242. The number of rotatable bonds is 5. The van der Waals surface area contributed by atoms with E-state index in [0.29, 0.717) is 21.6 Å². The van der Waals surface area contributed by atoms with E-state index in [1.165, 1.54) is 49.5 Å². The number of carbonyl (C=O) groups is 4. The van der Waals surface area contributed by atoms with Gasteiger partial charge in [0.05, 0.1) is 27.9 Å². The molecule has 14 heteroatoms. The molecule has 0 aliphatic carbocycles. The number of amides is 4. The van der Waals surface area contributed by atoms with Crippen LogP contribution in [0.25, 0.3) is 22.3 Å². The largest absolute Gasteiger partial charge is 0.295 e. The van der Waals surface area contributed by atoms with E-state index in [1.54, 1.807) is 19.1 Å². The summed E-state index contributed by atoms with van der Waals surface area (Å²) in [5.74, 6) is -2.50. The van der Waals surface area contributed by atoms with Crippen molar-refractivity contribution in [2.45, 2.75) is 16.7 Å². The van der Waals surface area contributed by atoms with Crippen LogP contribution < -0.4 is 4.90 Å². The van der Waals surface area contributed by atoms with Crippen molar-refractivity contribution in [3.8, 4) is 22.3 Å². The number of hydrogen-bond donors (Lipinski definition) is 2. The van der Waals surface area contributed by atoms with Crippen molar-refractivity contribution < 1.29 is 45.1 Å². The van der Waals surface area contributed by atoms with Gasteiger partial charge in [-0.15, -0.1) is 0 Å². The van der Waals surface area contributed by atoms with E-state index in [0.717, 1.165) is 23.1 Å². The zero-order chi connectivity index (χ0) is 31.9. The molecule has 4 amide bonds. The average Bonchev–Trinajstić information content (AvgIpc) is 3.35. The normalized spacial score (nSPS) is 14.8. The molecule has 12 nitrogen and oxygen atoms in total. The van der Waals surface area contributed by atoms with Crippen LogP contribution in [-0.2, 0) is 20.2 Å². The smallest absolute Gasteiger partial charge is 0.282 e. The fraction of sp³-hybridized carbons (Fsp3) is 0.0667. The Morgan fingerprint density at radius 2 is 0.955 bits per heavy atom. The number of hydrogen-bond acceptors (Lipinski definition) is 8. The Balaban J connectivity index is 1.42. The molecule has 0 fully saturated rings. The highest BCUT2D eigenvalue weighted by atomic mass is 32.2. The average molecular weight is 633 g/mol. The molecule has 6 rings (SSSR count). The lowest BCUT2D eigenvalue weighted by molar-refractivity contribution is 0.0692. The molecule has 0 atom stereocenters. The number of carbonyl (C=O) groups excluding carboxylic acids is 4. The Hall–Kier alpha value is -5.02. The first kappa shape index (κ1) is 29.1. The molecule has 0 bridgehead atoms. The Morgan fingerprint density at radius 1 is 0.523 bits per heavy atom. The minimum absolute atomic E-state index is 0.00979. The van der Waals surface area contributed by atoms with Crippen LogP contribution in [-0.4, -0.2) is 61.5 Å². The number of nitrogens with zero attached hydrogens (tertiary/aromatic N) is 2. The first-order valence-electron chi connectivity index (χ1n) is 12.8. The third kappa shape index (κ3) is 4.51. The first-order chi connectivity index (χ1) is 20.6. The topological polar surface area (TPSA) is 183 Å². The van der Waals surface area contributed by atoms with Gasteiger partial charge in [-0.25, -0.2) is 4.90 Å². The fourth-order valence-corrected chi connectivity index (χ4v) is 6.86. The van der Waals surface area contributed by atoms with Crippen molar-refractivity contribution >= 4 is 49.6 Å². The molecule has 0 saturated carbocycles. The second-order valence-corrected chi connectivity index (χ2v) is 13.0. The monoisotopic (exact) mass is 632 g/mol. The summed E-state index contributed by atoms with van der Waals surface area (Å²) in [6.07, 6.45) is 0. The Morgan fingerprint density at radius 3 is 1.52 bits per heavy atom. The summed E-state index contributed by atoms with van der Waals surface area (Å²) < 4.78 is 68.9. The molecule has 44 heavy (non-hydrogen) atoms. The Bertz CT molecular complexity index is 2240. The van der Waals surface area contributed by atoms with E-state index < -0.39 is 53.7 Å². The summed E-state index contributed by atoms with van der Waals surface area (Å²) >= 11 is 0. The summed E-state index contributed by atoms with van der Waals surface area (Å²) in [7, 11) is -8.50. The number of fused-ring (bicyclic) bond motifs is 2. The second kappa shape index (κ2) is 9.75. The lowest BCUT2D eigenvalue weighted by atomic mass is 9.97. The third-order valence-corrected chi connectivity index (χ3v) is 9.30. The number of aryl methyl sites for hydroxylation is 1. The number of benzene rings is 4. The molecule has 0 unspecified atom stereocenters. The molecule has 4 aromatic carbocycles. The summed E-state index contributed by atoms with van der Waals surface area (Å²) in [5, 5.41) is 0. The van der Waals surface area contributed by atoms with Crippen LogP contribution in [0.15, 0.2) is 82.6 Å². The second-order valence-electron chi connectivity index (χ2n) is 10.3. The highest BCUT2D eigenvalue weighted by molar-refractivity contribution is 7.86. The molecule has 2 aliphatic rings. The minimum atomic E-state index is -5.05. The van der Waals surface area contributed by atoms with Crippen molar-refractivity contribution in [3.05, 3.63) is 101 Å². The number of imide groups is 2.